The molecule has 1 aliphatic carbocycles. The molecule has 4 nitrogen and oxygen atoms in total. The second-order valence-corrected chi connectivity index (χ2v) is 6.12. The molecule has 2 aliphatic rings. The van der Waals surface area contributed by atoms with Crippen molar-refractivity contribution in [2.75, 3.05) is 14.1 Å². The molecule has 0 aromatic heterocycles. The lowest BCUT2D eigenvalue weighted by molar-refractivity contribution is 0.317. The molecule has 0 spiro atoms. The maximum atomic E-state index is 9.02. The summed E-state index contributed by atoms with van der Waals surface area (Å²) in [6.07, 6.45) is 12.6. The van der Waals surface area contributed by atoms with Gasteiger partial charge in [-0.15, -0.1) is 0 Å². The number of nitrogens with zero attached hydrogens (tertiary/aromatic N) is 3. The zero-order chi connectivity index (χ0) is 17.7. The van der Waals surface area contributed by atoms with E-state index in [0.29, 0.717) is 23.0 Å². The molecule has 1 atom stereocenters. The van der Waals surface area contributed by atoms with Gasteiger partial charge in [-0.2, -0.15) is 10.5 Å². The van der Waals surface area contributed by atoms with Crippen LogP contribution in [-0.2, 0) is 4.74 Å². The molecule has 24 heavy (non-hydrogen) atoms. The fourth-order valence-electron chi connectivity index (χ4n) is 2.63. The first-order valence-corrected chi connectivity index (χ1v) is 7.83. The highest BCUT2D eigenvalue weighted by atomic mass is 16.5. The summed E-state index contributed by atoms with van der Waals surface area (Å²) in [5.41, 5.74) is 3.21. The molecule has 0 aromatic rings. The zero-order valence-corrected chi connectivity index (χ0v) is 14.5. The summed E-state index contributed by atoms with van der Waals surface area (Å²) in [4.78, 5) is 2.14. The number of allylic oxidation sites excluding steroid dienone is 11. The van der Waals surface area contributed by atoms with E-state index in [9.17, 15) is 0 Å². The number of rotatable bonds is 3. The van der Waals surface area contributed by atoms with E-state index in [2.05, 4.69) is 38.1 Å². The SMILES string of the molecule is CC1=CC(=C(C#N)C#N)C=C(/C=C/C2=CC=C(N(C)C)CC2C)O1. The second-order valence-electron chi connectivity index (χ2n) is 6.12. The molecule has 0 saturated carbocycles. The van der Waals surface area contributed by atoms with Gasteiger partial charge in [0.05, 0.1) is 0 Å². The summed E-state index contributed by atoms with van der Waals surface area (Å²) in [5.74, 6) is 1.72. The lowest BCUT2D eigenvalue weighted by Gasteiger charge is -2.25. The van der Waals surface area contributed by atoms with Gasteiger partial charge in [-0.1, -0.05) is 19.1 Å². The van der Waals surface area contributed by atoms with Crippen LogP contribution in [0.2, 0.25) is 0 Å². The third kappa shape index (κ3) is 4.06. The van der Waals surface area contributed by atoms with Crippen LogP contribution in [0, 0.1) is 28.6 Å². The van der Waals surface area contributed by atoms with Crippen molar-refractivity contribution >= 4 is 0 Å². The topological polar surface area (TPSA) is 60.0 Å². The van der Waals surface area contributed by atoms with Crippen molar-refractivity contribution in [2.24, 2.45) is 5.92 Å². The molecule has 0 bridgehead atoms. The van der Waals surface area contributed by atoms with Crippen molar-refractivity contribution in [3.63, 3.8) is 0 Å². The van der Waals surface area contributed by atoms with Crippen LogP contribution in [-0.4, -0.2) is 19.0 Å². The number of hydrogen-bond donors (Lipinski definition) is 0. The molecular weight excluding hydrogens is 298 g/mol. The molecule has 1 aliphatic heterocycles. The third-order valence-corrected chi connectivity index (χ3v) is 4.01. The van der Waals surface area contributed by atoms with Crippen LogP contribution in [0.25, 0.3) is 0 Å². The van der Waals surface area contributed by atoms with Crippen LogP contribution in [0.1, 0.15) is 20.3 Å². The molecule has 0 aromatic carbocycles. The van der Waals surface area contributed by atoms with E-state index in [1.54, 1.807) is 12.2 Å². The van der Waals surface area contributed by atoms with E-state index in [0.717, 1.165) is 6.42 Å². The summed E-state index contributed by atoms with van der Waals surface area (Å²) in [6, 6.07) is 3.83. The van der Waals surface area contributed by atoms with Gasteiger partial charge in [-0.3, -0.25) is 0 Å². The van der Waals surface area contributed by atoms with E-state index in [4.69, 9.17) is 15.3 Å². The highest BCUT2D eigenvalue weighted by Gasteiger charge is 2.15. The maximum Gasteiger partial charge on any atom is 0.137 e. The molecule has 0 saturated heterocycles. The van der Waals surface area contributed by atoms with Crippen molar-refractivity contribution in [1.29, 1.82) is 10.5 Å². The third-order valence-electron chi connectivity index (χ3n) is 4.01. The predicted octanol–water partition coefficient (Wildman–Crippen LogP) is 4.12. The molecule has 1 unspecified atom stereocenters. The Morgan fingerprint density at radius 1 is 1.21 bits per heavy atom. The summed E-state index contributed by atoms with van der Waals surface area (Å²) < 4.78 is 5.67. The van der Waals surface area contributed by atoms with Gasteiger partial charge in [0, 0.05) is 25.4 Å². The fourth-order valence-corrected chi connectivity index (χ4v) is 2.63. The van der Waals surface area contributed by atoms with E-state index >= 15 is 0 Å². The van der Waals surface area contributed by atoms with Crippen molar-refractivity contribution in [3.05, 3.63) is 70.4 Å². The van der Waals surface area contributed by atoms with Gasteiger partial charge in [0.1, 0.15) is 29.2 Å². The van der Waals surface area contributed by atoms with Gasteiger partial charge in [-0.05, 0) is 49.1 Å². The molecule has 0 radical (unpaired) electrons. The van der Waals surface area contributed by atoms with Gasteiger partial charge in [0.25, 0.3) is 0 Å². The van der Waals surface area contributed by atoms with Crippen LogP contribution in [0.3, 0.4) is 0 Å². The normalized spacial score (nSPS) is 20.1. The molecule has 2 rings (SSSR count). The molecule has 1 heterocycles. The minimum Gasteiger partial charge on any atom is -0.462 e. The van der Waals surface area contributed by atoms with Crippen LogP contribution >= 0.6 is 0 Å². The van der Waals surface area contributed by atoms with E-state index in [1.165, 1.54) is 11.3 Å². The summed E-state index contributed by atoms with van der Waals surface area (Å²) >= 11 is 0. The number of ether oxygens (including phenoxy) is 1. The summed E-state index contributed by atoms with van der Waals surface area (Å²) in [6.45, 7) is 4.00. The lowest BCUT2D eigenvalue weighted by Crippen LogP contribution is -2.16. The first-order chi connectivity index (χ1) is 11.4. The van der Waals surface area contributed by atoms with Gasteiger partial charge in [0.2, 0.25) is 0 Å². The Morgan fingerprint density at radius 3 is 2.50 bits per heavy atom. The van der Waals surface area contributed by atoms with Crippen molar-refractivity contribution in [2.45, 2.75) is 20.3 Å². The highest BCUT2D eigenvalue weighted by molar-refractivity contribution is 5.53. The largest absolute Gasteiger partial charge is 0.462 e. The quantitative estimate of drug-likeness (QED) is 0.734. The predicted molar refractivity (Wildman–Crippen MR) is 94.0 cm³/mol. The molecule has 0 fully saturated rings. The average molecular weight is 319 g/mol. The maximum absolute atomic E-state index is 9.02. The highest BCUT2D eigenvalue weighted by Crippen LogP contribution is 2.28. The van der Waals surface area contributed by atoms with Gasteiger partial charge >= 0.3 is 0 Å². The van der Waals surface area contributed by atoms with Gasteiger partial charge in [0.15, 0.2) is 0 Å². The Balaban J connectivity index is 2.25. The lowest BCUT2D eigenvalue weighted by atomic mass is 9.90. The van der Waals surface area contributed by atoms with Crippen LogP contribution < -0.4 is 0 Å². The Bertz CT molecular complexity index is 774. The van der Waals surface area contributed by atoms with Crippen molar-refractivity contribution in [1.82, 2.24) is 4.90 Å². The van der Waals surface area contributed by atoms with Gasteiger partial charge in [-0.25, -0.2) is 0 Å². The van der Waals surface area contributed by atoms with Crippen molar-refractivity contribution in [3.8, 4) is 12.1 Å². The minimum atomic E-state index is 0.0901. The van der Waals surface area contributed by atoms with E-state index < -0.39 is 0 Å². The summed E-state index contributed by atoms with van der Waals surface area (Å²) in [5, 5.41) is 18.0. The van der Waals surface area contributed by atoms with Crippen LogP contribution in [0.4, 0.5) is 0 Å². The minimum absolute atomic E-state index is 0.0901. The number of hydrogen-bond acceptors (Lipinski definition) is 4. The van der Waals surface area contributed by atoms with E-state index in [1.807, 2.05) is 31.2 Å². The molecule has 122 valence electrons. The molecular formula is C20H21N3O. The Hall–Kier alpha value is -2.98. The zero-order valence-electron chi connectivity index (χ0n) is 14.5. The van der Waals surface area contributed by atoms with Gasteiger partial charge < -0.3 is 9.64 Å². The number of nitriles is 2. The molecule has 4 heteroatoms. The molecule has 0 N–H and O–H groups in total. The second kappa shape index (κ2) is 7.53. The van der Waals surface area contributed by atoms with Crippen LogP contribution in [0.15, 0.2) is 70.4 Å². The fraction of sp³-hybridized carbons (Fsp3) is 0.300. The first kappa shape index (κ1) is 17.4. The van der Waals surface area contributed by atoms with Crippen molar-refractivity contribution < 1.29 is 4.74 Å². The monoisotopic (exact) mass is 319 g/mol. The summed E-state index contributed by atoms with van der Waals surface area (Å²) in [7, 11) is 4.11. The molecule has 0 amide bonds. The first-order valence-electron chi connectivity index (χ1n) is 7.83. The van der Waals surface area contributed by atoms with E-state index in [-0.39, 0.29) is 5.57 Å². The van der Waals surface area contributed by atoms with Crippen LogP contribution in [0.5, 0.6) is 0 Å². The Labute approximate surface area is 143 Å². The smallest absolute Gasteiger partial charge is 0.137 e. The Morgan fingerprint density at radius 2 is 1.92 bits per heavy atom. The standard InChI is InChI=1S/C20H21N3O/c1-14-9-19(23(3)4)7-5-16(14)6-8-20-11-17(10-15(2)24-20)18(12-21)13-22/h5-8,10-11,14H,9H2,1-4H3/b8-6+. The Kier molecular flexibility index (Phi) is 5.45. The average Bonchev–Trinajstić information content (AvgIpc) is 2.54.